The van der Waals surface area contributed by atoms with Gasteiger partial charge >= 0.3 is 0 Å². The maximum absolute atomic E-state index is 12.7. The van der Waals surface area contributed by atoms with E-state index < -0.39 is 0 Å². The highest BCUT2D eigenvalue weighted by Crippen LogP contribution is 2.23. The normalized spacial score (nSPS) is 11.0. The van der Waals surface area contributed by atoms with Crippen LogP contribution in [0, 0.1) is 13.8 Å². The molecule has 0 saturated carbocycles. The summed E-state index contributed by atoms with van der Waals surface area (Å²) in [6.45, 7) is 3.72. The number of carbonyl (C=O) groups excluding carboxylic acids is 1. The maximum Gasteiger partial charge on any atom is 0.259 e. The van der Waals surface area contributed by atoms with Gasteiger partial charge < -0.3 is 5.32 Å². The molecule has 3 heterocycles. The molecule has 130 valence electrons. The molecule has 0 aliphatic rings. The molecule has 0 radical (unpaired) electrons. The van der Waals surface area contributed by atoms with Crippen LogP contribution in [-0.4, -0.2) is 30.1 Å². The highest BCUT2D eigenvalue weighted by Gasteiger charge is 2.17. The number of benzene rings is 1. The van der Waals surface area contributed by atoms with Crippen LogP contribution in [0.2, 0.25) is 0 Å². The summed E-state index contributed by atoms with van der Waals surface area (Å²) in [5.41, 5.74) is 4.57. The summed E-state index contributed by atoms with van der Waals surface area (Å²) in [5.74, 6) is 0.473. The van der Waals surface area contributed by atoms with Gasteiger partial charge in [-0.25, -0.2) is 9.97 Å². The third-order valence-corrected chi connectivity index (χ3v) is 4.39. The van der Waals surface area contributed by atoms with E-state index in [0.717, 1.165) is 17.0 Å². The highest BCUT2D eigenvalue weighted by molar-refractivity contribution is 6.06. The third-order valence-electron chi connectivity index (χ3n) is 4.39. The van der Waals surface area contributed by atoms with E-state index in [-0.39, 0.29) is 5.91 Å². The molecule has 0 aliphatic heterocycles. The standard InChI is InChI=1S/C19H18N6O/c1-12-17(13(2)24(3)23-12)18(26)21-15-7-4-6-14(10-15)16-11-25-9-5-8-20-19(25)22-16/h4-11H,1-3H3,(H,21,26). The number of nitrogens with one attached hydrogen (secondary N) is 1. The van der Waals surface area contributed by atoms with Gasteiger partial charge in [0.1, 0.15) is 0 Å². The molecular weight excluding hydrogens is 328 g/mol. The topological polar surface area (TPSA) is 77.1 Å². The Morgan fingerprint density at radius 2 is 2.04 bits per heavy atom. The predicted molar refractivity (Wildman–Crippen MR) is 99.1 cm³/mol. The molecule has 0 unspecified atom stereocenters. The molecule has 26 heavy (non-hydrogen) atoms. The minimum Gasteiger partial charge on any atom is -0.322 e. The Balaban J connectivity index is 1.64. The van der Waals surface area contributed by atoms with Crippen LogP contribution in [0.25, 0.3) is 17.0 Å². The van der Waals surface area contributed by atoms with Crippen LogP contribution in [0.1, 0.15) is 21.7 Å². The number of carbonyl (C=O) groups is 1. The first-order valence-corrected chi connectivity index (χ1v) is 8.24. The number of anilines is 1. The first kappa shape index (κ1) is 16.0. The van der Waals surface area contributed by atoms with Gasteiger partial charge in [-0.1, -0.05) is 12.1 Å². The molecule has 1 amide bonds. The molecular formula is C19H18N6O. The minimum absolute atomic E-state index is 0.165. The van der Waals surface area contributed by atoms with Gasteiger partial charge in [-0.3, -0.25) is 13.9 Å². The minimum atomic E-state index is -0.165. The van der Waals surface area contributed by atoms with Crippen molar-refractivity contribution in [3.05, 3.63) is 65.9 Å². The average molecular weight is 346 g/mol. The second-order valence-corrected chi connectivity index (χ2v) is 6.16. The van der Waals surface area contributed by atoms with Gasteiger partial charge in [0.05, 0.1) is 17.0 Å². The number of rotatable bonds is 3. The number of aryl methyl sites for hydroxylation is 2. The zero-order valence-electron chi connectivity index (χ0n) is 14.8. The van der Waals surface area contributed by atoms with Gasteiger partial charge in [0.15, 0.2) is 0 Å². The SMILES string of the molecule is Cc1nn(C)c(C)c1C(=O)Nc1cccc(-c2cn3cccnc3n2)c1. The van der Waals surface area contributed by atoms with Crippen molar-refractivity contribution in [2.45, 2.75) is 13.8 Å². The van der Waals surface area contributed by atoms with Crippen LogP contribution in [0.15, 0.2) is 48.9 Å². The Kier molecular flexibility index (Phi) is 3.76. The molecule has 1 aromatic carbocycles. The molecule has 0 aliphatic carbocycles. The van der Waals surface area contributed by atoms with Crippen LogP contribution in [0.4, 0.5) is 5.69 Å². The second-order valence-electron chi connectivity index (χ2n) is 6.16. The van der Waals surface area contributed by atoms with E-state index in [4.69, 9.17) is 0 Å². The van der Waals surface area contributed by atoms with Crippen molar-refractivity contribution in [3.8, 4) is 11.3 Å². The molecule has 0 spiro atoms. The molecule has 3 aromatic heterocycles. The predicted octanol–water partition coefficient (Wildman–Crippen LogP) is 3.00. The Morgan fingerprint density at radius 3 is 2.77 bits per heavy atom. The summed E-state index contributed by atoms with van der Waals surface area (Å²) in [4.78, 5) is 21.4. The number of aromatic nitrogens is 5. The van der Waals surface area contributed by atoms with E-state index in [1.54, 1.807) is 10.9 Å². The number of fused-ring (bicyclic) bond motifs is 1. The van der Waals surface area contributed by atoms with E-state index >= 15 is 0 Å². The number of hydrogen-bond donors (Lipinski definition) is 1. The smallest absolute Gasteiger partial charge is 0.259 e. The number of imidazole rings is 1. The fourth-order valence-electron chi connectivity index (χ4n) is 3.02. The van der Waals surface area contributed by atoms with Crippen LogP contribution in [0.5, 0.6) is 0 Å². The van der Waals surface area contributed by atoms with Gasteiger partial charge in [0.2, 0.25) is 5.78 Å². The zero-order valence-corrected chi connectivity index (χ0v) is 14.8. The summed E-state index contributed by atoms with van der Waals surface area (Å²) >= 11 is 0. The number of amides is 1. The van der Waals surface area contributed by atoms with Crippen LogP contribution >= 0.6 is 0 Å². The van der Waals surface area contributed by atoms with E-state index in [0.29, 0.717) is 22.7 Å². The summed E-state index contributed by atoms with van der Waals surface area (Å²) in [6, 6.07) is 9.47. The van der Waals surface area contributed by atoms with Gasteiger partial charge in [-0.05, 0) is 32.0 Å². The van der Waals surface area contributed by atoms with Crippen molar-refractivity contribution in [2.24, 2.45) is 7.05 Å². The number of nitrogens with zero attached hydrogens (tertiary/aromatic N) is 5. The third kappa shape index (κ3) is 2.73. The van der Waals surface area contributed by atoms with Gasteiger partial charge in [0, 0.05) is 42.6 Å². The molecule has 7 nitrogen and oxygen atoms in total. The lowest BCUT2D eigenvalue weighted by molar-refractivity contribution is 0.102. The number of hydrogen-bond acceptors (Lipinski definition) is 4. The Hall–Kier alpha value is -3.48. The fraction of sp³-hybridized carbons (Fsp3) is 0.158. The van der Waals surface area contributed by atoms with E-state index in [1.165, 1.54) is 0 Å². The molecule has 1 N–H and O–H groups in total. The van der Waals surface area contributed by atoms with Crippen molar-refractivity contribution >= 4 is 17.4 Å². The molecule has 7 heteroatoms. The molecule has 4 aromatic rings. The first-order valence-electron chi connectivity index (χ1n) is 8.24. The molecule has 0 atom stereocenters. The molecule has 0 fully saturated rings. The van der Waals surface area contributed by atoms with Crippen molar-refractivity contribution in [2.75, 3.05) is 5.32 Å². The van der Waals surface area contributed by atoms with Gasteiger partial charge in [-0.15, -0.1) is 0 Å². The maximum atomic E-state index is 12.7. The first-order chi connectivity index (χ1) is 12.5. The fourth-order valence-corrected chi connectivity index (χ4v) is 3.02. The van der Waals surface area contributed by atoms with Crippen molar-refractivity contribution < 1.29 is 4.79 Å². The van der Waals surface area contributed by atoms with Crippen LogP contribution in [0.3, 0.4) is 0 Å². The lowest BCUT2D eigenvalue weighted by atomic mass is 10.1. The Labute approximate surface area is 150 Å². The molecule has 4 rings (SSSR count). The lowest BCUT2D eigenvalue weighted by Gasteiger charge is -2.07. The van der Waals surface area contributed by atoms with E-state index in [1.807, 2.05) is 68.0 Å². The zero-order chi connectivity index (χ0) is 18.3. The second kappa shape index (κ2) is 6.11. The quantitative estimate of drug-likeness (QED) is 0.619. The van der Waals surface area contributed by atoms with Crippen molar-refractivity contribution in [1.82, 2.24) is 24.1 Å². The summed E-state index contributed by atoms with van der Waals surface area (Å²) in [5, 5.41) is 7.25. The Bertz CT molecular complexity index is 1090. The summed E-state index contributed by atoms with van der Waals surface area (Å²) in [6.07, 6.45) is 5.53. The largest absolute Gasteiger partial charge is 0.322 e. The lowest BCUT2D eigenvalue weighted by Crippen LogP contribution is -2.14. The average Bonchev–Trinajstić information content (AvgIpc) is 3.16. The van der Waals surface area contributed by atoms with Crippen LogP contribution < -0.4 is 5.32 Å². The van der Waals surface area contributed by atoms with Gasteiger partial charge in [0.25, 0.3) is 5.91 Å². The van der Waals surface area contributed by atoms with Crippen LogP contribution in [-0.2, 0) is 7.05 Å². The van der Waals surface area contributed by atoms with Crippen molar-refractivity contribution in [1.29, 1.82) is 0 Å². The molecule has 0 bridgehead atoms. The highest BCUT2D eigenvalue weighted by atomic mass is 16.1. The van der Waals surface area contributed by atoms with Crippen molar-refractivity contribution in [3.63, 3.8) is 0 Å². The summed E-state index contributed by atoms with van der Waals surface area (Å²) in [7, 11) is 1.83. The van der Waals surface area contributed by atoms with E-state index in [9.17, 15) is 4.79 Å². The molecule has 0 saturated heterocycles. The Morgan fingerprint density at radius 1 is 1.19 bits per heavy atom. The van der Waals surface area contributed by atoms with E-state index in [2.05, 4.69) is 20.4 Å². The van der Waals surface area contributed by atoms with Gasteiger partial charge in [-0.2, -0.15) is 5.10 Å². The summed E-state index contributed by atoms with van der Waals surface area (Å²) < 4.78 is 3.58. The monoisotopic (exact) mass is 346 g/mol.